The quantitative estimate of drug-likeness (QED) is 0.868. The molecule has 3 N–H and O–H groups in total. The van der Waals surface area contributed by atoms with Crippen LogP contribution in [0.5, 0.6) is 0 Å². The van der Waals surface area contributed by atoms with Crippen molar-refractivity contribution in [2.75, 3.05) is 5.32 Å². The first-order chi connectivity index (χ1) is 9.38. The van der Waals surface area contributed by atoms with E-state index in [-0.39, 0.29) is 23.3 Å². The Morgan fingerprint density at radius 3 is 2.30 bits per heavy atom. The number of rotatable bonds is 2. The van der Waals surface area contributed by atoms with Crippen molar-refractivity contribution in [1.82, 2.24) is 0 Å². The predicted octanol–water partition coefficient (Wildman–Crippen LogP) is 3.44. The summed E-state index contributed by atoms with van der Waals surface area (Å²) >= 11 is 0. The Bertz CT molecular complexity index is 459. The molecular weight excluding hydrogens is 248 g/mol. The molecule has 20 heavy (non-hydrogen) atoms. The van der Waals surface area contributed by atoms with Crippen LogP contribution in [0, 0.1) is 5.92 Å². The van der Waals surface area contributed by atoms with Gasteiger partial charge in [0, 0.05) is 11.7 Å². The predicted molar refractivity (Wildman–Crippen MR) is 83.7 cm³/mol. The molecule has 0 spiro atoms. The van der Waals surface area contributed by atoms with Gasteiger partial charge in [-0.15, -0.1) is 0 Å². The average Bonchev–Trinajstić information content (AvgIpc) is 2.38. The summed E-state index contributed by atoms with van der Waals surface area (Å²) < 4.78 is 0. The number of nitrogens with one attached hydrogen (secondary N) is 1. The number of nitrogens with two attached hydrogens (primary N) is 1. The van der Waals surface area contributed by atoms with Crippen LogP contribution in [0.3, 0.4) is 0 Å². The Hall–Kier alpha value is -1.35. The molecule has 0 aliphatic heterocycles. The van der Waals surface area contributed by atoms with Crippen molar-refractivity contribution in [3.05, 3.63) is 29.8 Å². The molecule has 3 heteroatoms. The Balaban J connectivity index is 2.01. The highest BCUT2D eigenvalue weighted by atomic mass is 16.1. The molecule has 1 aliphatic carbocycles. The SMILES string of the molecule is CC(C)(C)c1ccc(NC(=O)C2CCCCC2N)cc1. The van der Waals surface area contributed by atoms with Crippen LogP contribution in [0.1, 0.15) is 52.0 Å². The maximum absolute atomic E-state index is 12.3. The lowest BCUT2D eigenvalue weighted by atomic mass is 9.84. The molecule has 1 aromatic rings. The maximum Gasteiger partial charge on any atom is 0.229 e. The molecule has 3 nitrogen and oxygen atoms in total. The van der Waals surface area contributed by atoms with Gasteiger partial charge in [0.2, 0.25) is 5.91 Å². The van der Waals surface area contributed by atoms with Gasteiger partial charge in [-0.25, -0.2) is 0 Å². The van der Waals surface area contributed by atoms with Crippen molar-refractivity contribution in [2.24, 2.45) is 11.7 Å². The number of hydrogen-bond donors (Lipinski definition) is 2. The van der Waals surface area contributed by atoms with E-state index in [1.165, 1.54) is 5.56 Å². The van der Waals surface area contributed by atoms with Gasteiger partial charge in [0.1, 0.15) is 0 Å². The van der Waals surface area contributed by atoms with E-state index in [9.17, 15) is 4.79 Å². The standard InChI is InChI=1S/C17H26N2O/c1-17(2,3)12-8-10-13(11-9-12)19-16(20)14-6-4-5-7-15(14)18/h8-11,14-15H,4-7,18H2,1-3H3,(H,19,20). The van der Waals surface area contributed by atoms with Crippen molar-refractivity contribution >= 4 is 11.6 Å². The summed E-state index contributed by atoms with van der Waals surface area (Å²) in [5, 5.41) is 3.00. The van der Waals surface area contributed by atoms with E-state index in [1.807, 2.05) is 12.1 Å². The first-order valence-corrected chi connectivity index (χ1v) is 7.55. The molecule has 2 unspecified atom stereocenters. The Labute approximate surface area is 121 Å². The minimum atomic E-state index is -0.0361. The number of benzene rings is 1. The Morgan fingerprint density at radius 2 is 1.75 bits per heavy atom. The largest absolute Gasteiger partial charge is 0.327 e. The van der Waals surface area contributed by atoms with Crippen molar-refractivity contribution in [3.63, 3.8) is 0 Å². The fraction of sp³-hybridized carbons (Fsp3) is 0.588. The zero-order valence-electron chi connectivity index (χ0n) is 12.8. The van der Waals surface area contributed by atoms with Crippen molar-refractivity contribution in [1.29, 1.82) is 0 Å². The second kappa shape index (κ2) is 5.96. The van der Waals surface area contributed by atoms with E-state index in [0.29, 0.717) is 0 Å². The van der Waals surface area contributed by atoms with Crippen molar-refractivity contribution < 1.29 is 4.79 Å². The molecule has 0 bridgehead atoms. The van der Waals surface area contributed by atoms with Gasteiger partial charge in [-0.2, -0.15) is 0 Å². The number of amides is 1. The normalized spacial score (nSPS) is 23.4. The molecule has 0 heterocycles. The van der Waals surface area contributed by atoms with Crippen LogP contribution in [-0.4, -0.2) is 11.9 Å². The van der Waals surface area contributed by atoms with Gasteiger partial charge in [0.25, 0.3) is 0 Å². The fourth-order valence-electron chi connectivity index (χ4n) is 2.77. The number of carbonyl (C=O) groups is 1. The molecule has 2 atom stereocenters. The van der Waals surface area contributed by atoms with Gasteiger partial charge in [-0.05, 0) is 36.0 Å². The fourth-order valence-corrected chi connectivity index (χ4v) is 2.77. The summed E-state index contributed by atoms with van der Waals surface area (Å²) in [6, 6.07) is 8.13. The second-order valence-corrected chi connectivity index (χ2v) is 6.87. The van der Waals surface area contributed by atoms with Gasteiger partial charge in [0.05, 0.1) is 5.92 Å². The first-order valence-electron chi connectivity index (χ1n) is 7.55. The molecule has 110 valence electrons. The molecular formula is C17H26N2O. The second-order valence-electron chi connectivity index (χ2n) is 6.87. The van der Waals surface area contributed by atoms with E-state index in [0.717, 1.165) is 31.4 Å². The zero-order valence-corrected chi connectivity index (χ0v) is 12.8. The molecule has 0 saturated heterocycles. The average molecular weight is 274 g/mol. The summed E-state index contributed by atoms with van der Waals surface area (Å²) in [5.74, 6) is 0.0340. The highest BCUT2D eigenvalue weighted by Gasteiger charge is 2.28. The molecule has 1 aliphatic rings. The number of anilines is 1. The summed E-state index contributed by atoms with van der Waals surface area (Å²) in [5.41, 5.74) is 8.32. The Kier molecular flexibility index (Phi) is 4.48. The lowest BCUT2D eigenvalue weighted by molar-refractivity contribution is -0.121. The summed E-state index contributed by atoms with van der Waals surface area (Å²) in [7, 11) is 0. The van der Waals surface area contributed by atoms with Gasteiger partial charge < -0.3 is 11.1 Å². The molecule has 1 amide bonds. The summed E-state index contributed by atoms with van der Waals surface area (Å²) in [4.78, 5) is 12.3. The third kappa shape index (κ3) is 3.60. The van der Waals surface area contributed by atoms with Gasteiger partial charge in [-0.1, -0.05) is 45.7 Å². The highest BCUT2D eigenvalue weighted by molar-refractivity contribution is 5.93. The monoisotopic (exact) mass is 274 g/mol. The third-order valence-electron chi connectivity index (χ3n) is 4.17. The van der Waals surface area contributed by atoms with Crippen LogP contribution in [0.2, 0.25) is 0 Å². The topological polar surface area (TPSA) is 55.1 Å². The van der Waals surface area contributed by atoms with E-state index in [4.69, 9.17) is 5.73 Å². The maximum atomic E-state index is 12.3. The van der Waals surface area contributed by atoms with Crippen LogP contribution in [0.4, 0.5) is 5.69 Å². The molecule has 1 aromatic carbocycles. The summed E-state index contributed by atoms with van der Waals surface area (Å²) in [6.45, 7) is 6.55. The summed E-state index contributed by atoms with van der Waals surface area (Å²) in [6.07, 6.45) is 4.12. The molecule has 2 rings (SSSR count). The smallest absolute Gasteiger partial charge is 0.229 e. The van der Waals surface area contributed by atoms with E-state index >= 15 is 0 Å². The van der Waals surface area contributed by atoms with Crippen LogP contribution in [-0.2, 0) is 10.2 Å². The molecule has 1 saturated carbocycles. The van der Waals surface area contributed by atoms with Crippen molar-refractivity contribution in [3.8, 4) is 0 Å². The molecule has 0 aromatic heterocycles. The lowest BCUT2D eigenvalue weighted by Gasteiger charge is -2.27. The van der Waals surface area contributed by atoms with Crippen LogP contribution in [0.25, 0.3) is 0 Å². The van der Waals surface area contributed by atoms with Crippen LogP contribution < -0.4 is 11.1 Å². The van der Waals surface area contributed by atoms with Crippen LogP contribution >= 0.6 is 0 Å². The minimum Gasteiger partial charge on any atom is -0.327 e. The zero-order chi connectivity index (χ0) is 14.8. The minimum absolute atomic E-state index is 0.0117. The number of hydrogen-bond acceptors (Lipinski definition) is 2. The van der Waals surface area contributed by atoms with Gasteiger partial charge in [-0.3, -0.25) is 4.79 Å². The van der Waals surface area contributed by atoms with E-state index in [2.05, 4.69) is 38.2 Å². The van der Waals surface area contributed by atoms with Crippen molar-refractivity contribution in [2.45, 2.75) is 57.9 Å². The Morgan fingerprint density at radius 1 is 1.15 bits per heavy atom. The van der Waals surface area contributed by atoms with E-state index in [1.54, 1.807) is 0 Å². The highest BCUT2D eigenvalue weighted by Crippen LogP contribution is 2.26. The number of carbonyl (C=O) groups excluding carboxylic acids is 1. The van der Waals surface area contributed by atoms with Crippen LogP contribution in [0.15, 0.2) is 24.3 Å². The molecule has 0 radical (unpaired) electrons. The van der Waals surface area contributed by atoms with E-state index < -0.39 is 0 Å². The molecule has 1 fully saturated rings. The van der Waals surface area contributed by atoms with Gasteiger partial charge in [0.15, 0.2) is 0 Å². The lowest BCUT2D eigenvalue weighted by Crippen LogP contribution is -2.40. The first kappa shape index (κ1) is 15.0. The van der Waals surface area contributed by atoms with Gasteiger partial charge >= 0.3 is 0 Å². The third-order valence-corrected chi connectivity index (χ3v) is 4.17.